The maximum absolute atomic E-state index is 16.1. The summed E-state index contributed by atoms with van der Waals surface area (Å²) < 4.78 is 31.0. The number of ether oxygens (including phenoxy) is 5. The van der Waals surface area contributed by atoms with Crippen molar-refractivity contribution >= 4 is 41.4 Å². The maximum atomic E-state index is 16.1. The minimum absolute atomic E-state index is 0.0242. The first-order chi connectivity index (χ1) is 31.6. The molecule has 0 radical (unpaired) electrons. The predicted octanol–water partition coefficient (Wildman–Crippen LogP) is 4.12. The van der Waals surface area contributed by atoms with E-state index in [1.54, 1.807) is 112 Å². The molecule has 4 aliphatic rings. The highest BCUT2D eigenvalue weighted by molar-refractivity contribution is 5.98. The van der Waals surface area contributed by atoms with Crippen LogP contribution < -0.4 is 5.32 Å². The lowest BCUT2D eigenvalue weighted by Crippen LogP contribution is -2.82. The summed E-state index contributed by atoms with van der Waals surface area (Å²) in [6, 6.07) is 23.0. The topological polar surface area (TPSA) is 221 Å². The van der Waals surface area contributed by atoms with Crippen LogP contribution in [-0.4, -0.2) is 125 Å². The SMILES string of the molecule is CC(=O)O[C@H]1C(=O)[C@]2(C)[C@@H](OC(=O)CN(C)C)C[C@H]3OC[C@@]3(OC(C)=O)[C@H]2[C@H](OC(=O)c2ccccc2)[C@]2(O)C[C@H](C(=O)[C@H](O)[C@@H](NC(=O)c3ccccc3)c3ccccc3)C(C)=C1C2(C)C. The lowest BCUT2D eigenvalue weighted by Gasteiger charge is -2.67. The van der Waals surface area contributed by atoms with Gasteiger partial charge in [0.15, 0.2) is 23.3 Å². The van der Waals surface area contributed by atoms with E-state index in [0.717, 1.165) is 13.8 Å². The van der Waals surface area contributed by atoms with E-state index >= 15 is 9.59 Å². The zero-order chi connectivity index (χ0) is 48.8. The highest BCUT2D eigenvalue weighted by Gasteiger charge is 2.79. The molecule has 0 spiro atoms. The number of rotatable bonds is 13. The number of aliphatic hydroxyl groups excluding tert-OH is 1. The Kier molecular flexibility index (Phi) is 13.5. The lowest BCUT2D eigenvalue weighted by atomic mass is 9.44. The van der Waals surface area contributed by atoms with Gasteiger partial charge in [-0.2, -0.15) is 0 Å². The number of hydrogen-bond donors (Lipinski definition) is 3. The molecule has 3 aromatic rings. The fourth-order valence-electron chi connectivity index (χ4n) is 11.0. The molecule has 1 aliphatic heterocycles. The zero-order valence-corrected chi connectivity index (χ0v) is 38.8. The normalized spacial score (nSPS) is 30.4. The number of fused-ring (bicyclic) bond motifs is 5. The highest BCUT2D eigenvalue weighted by atomic mass is 16.6. The second-order valence-corrected chi connectivity index (χ2v) is 19.1. The fourth-order valence-corrected chi connectivity index (χ4v) is 11.0. The third kappa shape index (κ3) is 8.60. The van der Waals surface area contributed by atoms with Crippen LogP contribution in [-0.2, 0) is 47.7 Å². The van der Waals surface area contributed by atoms with Crippen LogP contribution in [0.2, 0.25) is 0 Å². The average molecular weight is 923 g/mol. The third-order valence-corrected chi connectivity index (χ3v) is 14.4. The Morgan fingerprint density at radius 3 is 1.96 bits per heavy atom. The maximum Gasteiger partial charge on any atom is 0.338 e. The summed E-state index contributed by atoms with van der Waals surface area (Å²) in [5.74, 6) is -8.86. The number of Topliss-reactive ketones (excluding diaryl/α,β-unsaturated/α-hetero) is 2. The number of aliphatic hydroxyl groups is 2. The first kappa shape index (κ1) is 48.9. The predicted molar refractivity (Wildman–Crippen MR) is 239 cm³/mol. The molecule has 16 heteroatoms. The van der Waals surface area contributed by atoms with Gasteiger partial charge in [0.1, 0.15) is 30.0 Å². The molecule has 1 saturated heterocycles. The van der Waals surface area contributed by atoms with E-state index in [1.165, 1.54) is 26.0 Å². The van der Waals surface area contributed by atoms with Gasteiger partial charge < -0.3 is 39.2 Å². The Balaban J connectivity index is 1.48. The second kappa shape index (κ2) is 18.5. The van der Waals surface area contributed by atoms with Crippen molar-refractivity contribution in [2.24, 2.45) is 22.7 Å². The summed E-state index contributed by atoms with van der Waals surface area (Å²) in [7, 11) is 3.29. The number of allylic oxidation sites excluding steroid dienone is 1. The van der Waals surface area contributed by atoms with Crippen molar-refractivity contribution in [1.29, 1.82) is 0 Å². The van der Waals surface area contributed by atoms with Gasteiger partial charge >= 0.3 is 23.9 Å². The number of nitrogens with zero attached hydrogens (tertiary/aromatic N) is 1. The molecular weight excluding hydrogens is 865 g/mol. The molecule has 0 aromatic heterocycles. The van der Waals surface area contributed by atoms with Crippen LogP contribution >= 0.6 is 0 Å². The molecule has 67 heavy (non-hydrogen) atoms. The molecule has 3 aliphatic carbocycles. The number of nitrogens with one attached hydrogen (secondary N) is 1. The molecule has 16 nitrogen and oxygen atoms in total. The van der Waals surface area contributed by atoms with E-state index in [9.17, 15) is 34.2 Å². The summed E-state index contributed by atoms with van der Waals surface area (Å²) in [6.45, 7) is 7.80. The van der Waals surface area contributed by atoms with Crippen molar-refractivity contribution in [2.45, 2.75) is 102 Å². The Bertz CT molecular complexity index is 2460. The number of hydrogen-bond acceptors (Lipinski definition) is 15. The number of esters is 4. The van der Waals surface area contributed by atoms with Crippen molar-refractivity contribution < 1.29 is 67.5 Å². The summed E-state index contributed by atoms with van der Waals surface area (Å²) in [6.07, 6.45) is -9.01. The van der Waals surface area contributed by atoms with E-state index in [0.29, 0.717) is 5.56 Å². The van der Waals surface area contributed by atoms with Gasteiger partial charge in [-0.25, -0.2) is 4.79 Å². The van der Waals surface area contributed by atoms with Gasteiger partial charge in [0.25, 0.3) is 5.91 Å². The van der Waals surface area contributed by atoms with Crippen molar-refractivity contribution in [2.75, 3.05) is 27.2 Å². The number of carbonyl (C=O) groups excluding carboxylic acids is 7. The number of ketones is 2. The molecule has 7 rings (SSSR count). The van der Waals surface area contributed by atoms with Crippen LogP contribution in [0, 0.1) is 22.7 Å². The molecule has 1 amide bonds. The van der Waals surface area contributed by atoms with Crippen LogP contribution in [0.4, 0.5) is 0 Å². The van der Waals surface area contributed by atoms with Crippen molar-refractivity contribution in [3.8, 4) is 0 Å². The summed E-state index contributed by atoms with van der Waals surface area (Å²) in [5.41, 5.74) is -7.31. The summed E-state index contributed by atoms with van der Waals surface area (Å²) in [4.78, 5) is 102. The van der Waals surface area contributed by atoms with E-state index in [1.807, 2.05) is 0 Å². The van der Waals surface area contributed by atoms with Crippen LogP contribution in [0.15, 0.2) is 102 Å². The van der Waals surface area contributed by atoms with Crippen LogP contribution in [0.1, 0.15) is 86.7 Å². The quantitative estimate of drug-likeness (QED) is 0.125. The smallest absolute Gasteiger partial charge is 0.338 e. The van der Waals surface area contributed by atoms with Crippen LogP contribution in [0.5, 0.6) is 0 Å². The molecule has 1 heterocycles. The molecule has 3 N–H and O–H groups in total. The molecule has 356 valence electrons. The number of carbonyl (C=O) groups is 7. The Labute approximate surface area is 388 Å². The molecular formula is C51H58N2O14. The molecule has 2 bridgehead atoms. The second-order valence-electron chi connectivity index (χ2n) is 19.1. The number of likely N-dealkylation sites (N-methyl/N-ethyl adjacent to an activating group) is 1. The monoisotopic (exact) mass is 922 g/mol. The van der Waals surface area contributed by atoms with E-state index < -0.39 is 118 Å². The number of amides is 1. The van der Waals surface area contributed by atoms with Crippen molar-refractivity contribution in [3.63, 3.8) is 0 Å². The minimum atomic E-state index is -2.46. The van der Waals surface area contributed by atoms with Gasteiger partial charge in [-0.1, -0.05) is 86.2 Å². The summed E-state index contributed by atoms with van der Waals surface area (Å²) in [5, 5.41) is 29.2. The zero-order valence-electron chi connectivity index (χ0n) is 38.8. The fraction of sp³-hybridized carbons (Fsp3) is 0.471. The first-order valence-corrected chi connectivity index (χ1v) is 22.3. The van der Waals surface area contributed by atoms with Gasteiger partial charge in [0, 0.05) is 37.2 Å². The lowest BCUT2D eigenvalue weighted by molar-refractivity contribution is -0.346. The van der Waals surface area contributed by atoms with Gasteiger partial charge in [0.05, 0.1) is 36.1 Å². The highest BCUT2D eigenvalue weighted by Crippen LogP contribution is 2.65. The van der Waals surface area contributed by atoms with E-state index in [4.69, 9.17) is 23.7 Å². The summed E-state index contributed by atoms with van der Waals surface area (Å²) >= 11 is 0. The Morgan fingerprint density at radius 2 is 1.42 bits per heavy atom. The van der Waals surface area contributed by atoms with Gasteiger partial charge in [-0.3, -0.25) is 33.7 Å². The first-order valence-electron chi connectivity index (χ1n) is 22.3. The van der Waals surface area contributed by atoms with Crippen molar-refractivity contribution in [3.05, 3.63) is 119 Å². The van der Waals surface area contributed by atoms with Crippen molar-refractivity contribution in [1.82, 2.24) is 10.2 Å². The van der Waals surface area contributed by atoms with E-state index in [2.05, 4.69) is 5.32 Å². The average Bonchev–Trinajstić information content (AvgIpc) is 3.28. The molecule has 3 fully saturated rings. The number of benzene rings is 3. The molecule has 0 unspecified atom stereocenters. The molecule has 2 saturated carbocycles. The molecule has 3 aromatic carbocycles. The molecule has 11 atom stereocenters. The third-order valence-electron chi connectivity index (χ3n) is 14.4. The van der Waals surface area contributed by atoms with Crippen LogP contribution in [0.3, 0.4) is 0 Å². The Morgan fingerprint density at radius 1 is 0.836 bits per heavy atom. The van der Waals surface area contributed by atoms with Gasteiger partial charge in [0.2, 0.25) is 0 Å². The van der Waals surface area contributed by atoms with E-state index in [-0.39, 0.29) is 41.8 Å². The van der Waals surface area contributed by atoms with Crippen LogP contribution in [0.25, 0.3) is 0 Å². The Hall–Kier alpha value is -6.07. The van der Waals surface area contributed by atoms with Gasteiger partial charge in [-0.15, -0.1) is 0 Å². The largest absolute Gasteiger partial charge is 0.460 e. The standard InChI is InChI=1S/C51H58N2O14/c1-28-34(40(57)41(58)39(31-18-12-9-13-19-31)52-46(60)32-20-14-10-15-21-32)25-51(62)45(66-47(61)33-22-16-11-17-23-33)43-49(6,44(59)42(64-29(2)54)38(28)48(51,4)5)35(65-37(56)26-53(7)8)24-36-50(43,27-63-36)67-30(3)55/h9-23,34-36,39,41-43,45,58,62H,24-27H2,1-8H3,(H,52,60)/t34-,35-,36+,39-,41+,42+,43-,45-,49+,50-,51+/m0/s1. The van der Waals surface area contributed by atoms with Gasteiger partial charge in [-0.05, 0) is 69.8 Å². The minimum Gasteiger partial charge on any atom is -0.460 e.